The van der Waals surface area contributed by atoms with E-state index >= 15 is 0 Å². The van der Waals surface area contributed by atoms with Crippen LogP contribution in [-0.4, -0.2) is 23.2 Å². The van der Waals surface area contributed by atoms with Crippen molar-refractivity contribution in [2.24, 2.45) is 5.92 Å². The third-order valence-corrected chi connectivity index (χ3v) is 4.91. The maximum Gasteiger partial charge on any atom is 0.220 e. The minimum Gasteiger partial charge on any atom is -0.394 e. The van der Waals surface area contributed by atoms with E-state index in [1.807, 2.05) is 11.4 Å². The van der Waals surface area contributed by atoms with Crippen molar-refractivity contribution in [1.29, 1.82) is 0 Å². The fraction of sp³-hybridized carbons (Fsp3) is 0.667. The van der Waals surface area contributed by atoms with Gasteiger partial charge in [-0.1, -0.05) is 25.8 Å². The molecule has 2 rings (SSSR count). The van der Waals surface area contributed by atoms with Crippen LogP contribution in [0.2, 0.25) is 0 Å². The minimum atomic E-state index is -0.371. The SMILES string of the molecule is CC1CCCC(CO)(NC(=O)CCc2cccs2)C1. The Labute approximate surface area is 119 Å². The van der Waals surface area contributed by atoms with E-state index in [9.17, 15) is 9.90 Å². The van der Waals surface area contributed by atoms with Crippen LogP contribution in [0.4, 0.5) is 0 Å². The van der Waals surface area contributed by atoms with Crippen LogP contribution in [0.3, 0.4) is 0 Å². The van der Waals surface area contributed by atoms with Crippen molar-refractivity contribution in [3.05, 3.63) is 22.4 Å². The standard InChI is InChI=1S/C15H23NO2S/c1-12-4-2-8-15(10-12,11-17)16-14(18)7-6-13-5-3-9-19-13/h3,5,9,12,17H,2,4,6-8,10-11H2,1H3,(H,16,18). The summed E-state index contributed by atoms with van der Waals surface area (Å²) < 4.78 is 0. The second kappa shape index (κ2) is 6.53. The summed E-state index contributed by atoms with van der Waals surface area (Å²) in [6, 6.07) is 4.07. The van der Waals surface area contributed by atoms with Crippen LogP contribution >= 0.6 is 11.3 Å². The normalized spacial score (nSPS) is 27.2. The molecular formula is C15H23NO2S. The molecule has 1 fully saturated rings. The molecule has 0 bridgehead atoms. The number of amides is 1. The number of hydrogen-bond acceptors (Lipinski definition) is 3. The smallest absolute Gasteiger partial charge is 0.220 e. The summed E-state index contributed by atoms with van der Waals surface area (Å²) in [5, 5.41) is 14.8. The van der Waals surface area contributed by atoms with Crippen LogP contribution in [0, 0.1) is 5.92 Å². The lowest BCUT2D eigenvalue weighted by molar-refractivity contribution is -0.124. The van der Waals surface area contributed by atoms with Gasteiger partial charge in [0.1, 0.15) is 0 Å². The first-order valence-electron chi connectivity index (χ1n) is 7.08. The Morgan fingerprint density at radius 1 is 1.63 bits per heavy atom. The number of thiophene rings is 1. The quantitative estimate of drug-likeness (QED) is 0.872. The molecule has 19 heavy (non-hydrogen) atoms. The molecule has 0 radical (unpaired) electrons. The first-order valence-corrected chi connectivity index (χ1v) is 7.96. The van der Waals surface area contributed by atoms with Crippen molar-refractivity contribution < 1.29 is 9.90 Å². The van der Waals surface area contributed by atoms with Crippen molar-refractivity contribution >= 4 is 17.2 Å². The second-order valence-electron chi connectivity index (χ2n) is 5.77. The van der Waals surface area contributed by atoms with E-state index in [0.717, 1.165) is 25.7 Å². The molecule has 4 heteroatoms. The highest BCUT2D eigenvalue weighted by molar-refractivity contribution is 7.09. The van der Waals surface area contributed by atoms with Gasteiger partial charge >= 0.3 is 0 Å². The predicted octanol–water partition coefficient (Wildman–Crippen LogP) is 2.74. The highest BCUT2D eigenvalue weighted by Gasteiger charge is 2.35. The fourth-order valence-electron chi connectivity index (χ4n) is 3.01. The monoisotopic (exact) mass is 281 g/mol. The van der Waals surface area contributed by atoms with Crippen LogP contribution in [-0.2, 0) is 11.2 Å². The Morgan fingerprint density at radius 2 is 2.47 bits per heavy atom. The van der Waals surface area contributed by atoms with E-state index < -0.39 is 0 Å². The van der Waals surface area contributed by atoms with Gasteiger partial charge in [0.05, 0.1) is 12.1 Å². The Bertz CT molecular complexity index is 404. The Morgan fingerprint density at radius 3 is 3.11 bits per heavy atom. The lowest BCUT2D eigenvalue weighted by Gasteiger charge is -2.39. The highest BCUT2D eigenvalue weighted by atomic mass is 32.1. The predicted molar refractivity (Wildman–Crippen MR) is 78.2 cm³/mol. The summed E-state index contributed by atoms with van der Waals surface area (Å²) in [6.45, 7) is 2.25. The molecule has 0 aliphatic heterocycles. The maximum atomic E-state index is 12.1. The number of rotatable bonds is 5. The summed E-state index contributed by atoms with van der Waals surface area (Å²) in [6.07, 6.45) is 5.39. The van der Waals surface area contributed by atoms with Gasteiger partial charge in [-0.3, -0.25) is 4.79 Å². The third kappa shape index (κ3) is 4.05. The molecule has 1 amide bonds. The van der Waals surface area contributed by atoms with E-state index in [-0.39, 0.29) is 18.1 Å². The number of hydrogen-bond donors (Lipinski definition) is 2. The molecule has 1 heterocycles. The zero-order valence-electron chi connectivity index (χ0n) is 11.5. The van der Waals surface area contributed by atoms with Crippen molar-refractivity contribution in [2.75, 3.05) is 6.61 Å². The Balaban J connectivity index is 1.85. The maximum absolute atomic E-state index is 12.1. The number of aliphatic hydroxyl groups excluding tert-OH is 1. The van der Waals surface area contributed by atoms with Gasteiger partial charge in [-0.15, -0.1) is 11.3 Å². The van der Waals surface area contributed by atoms with E-state index in [4.69, 9.17) is 0 Å². The summed E-state index contributed by atoms with van der Waals surface area (Å²) in [7, 11) is 0. The summed E-state index contributed by atoms with van der Waals surface area (Å²) in [4.78, 5) is 13.3. The average molecular weight is 281 g/mol. The van der Waals surface area contributed by atoms with Crippen LogP contribution in [0.15, 0.2) is 17.5 Å². The van der Waals surface area contributed by atoms with Gasteiger partial charge in [-0.2, -0.15) is 0 Å². The molecule has 1 aliphatic rings. The topological polar surface area (TPSA) is 49.3 Å². The van der Waals surface area contributed by atoms with E-state index in [1.165, 1.54) is 11.3 Å². The van der Waals surface area contributed by atoms with Crippen LogP contribution in [0.5, 0.6) is 0 Å². The van der Waals surface area contributed by atoms with Crippen LogP contribution in [0.25, 0.3) is 0 Å². The number of carbonyl (C=O) groups is 1. The van der Waals surface area contributed by atoms with Gasteiger partial charge in [-0.05, 0) is 36.6 Å². The first kappa shape index (κ1) is 14.5. The lowest BCUT2D eigenvalue weighted by atomic mass is 9.76. The number of aliphatic hydroxyl groups is 1. The molecular weight excluding hydrogens is 258 g/mol. The number of nitrogens with one attached hydrogen (secondary N) is 1. The van der Waals surface area contributed by atoms with Crippen molar-refractivity contribution in [1.82, 2.24) is 5.32 Å². The molecule has 0 saturated heterocycles. The van der Waals surface area contributed by atoms with Gasteiger partial charge in [0.25, 0.3) is 0 Å². The molecule has 1 aromatic heterocycles. The molecule has 2 unspecified atom stereocenters. The number of aryl methyl sites for hydroxylation is 1. The molecule has 1 saturated carbocycles. The third-order valence-electron chi connectivity index (χ3n) is 3.98. The Hall–Kier alpha value is -0.870. The molecule has 1 aliphatic carbocycles. The minimum absolute atomic E-state index is 0.0576. The largest absolute Gasteiger partial charge is 0.394 e. The molecule has 1 aromatic rings. The second-order valence-corrected chi connectivity index (χ2v) is 6.80. The molecule has 2 atom stereocenters. The van der Waals surface area contributed by atoms with E-state index in [1.54, 1.807) is 11.3 Å². The van der Waals surface area contributed by atoms with E-state index in [0.29, 0.717) is 12.3 Å². The van der Waals surface area contributed by atoms with Gasteiger partial charge in [0.2, 0.25) is 5.91 Å². The lowest BCUT2D eigenvalue weighted by Crippen LogP contribution is -2.53. The summed E-state index contributed by atoms with van der Waals surface area (Å²) in [5.74, 6) is 0.648. The van der Waals surface area contributed by atoms with Crippen molar-refractivity contribution in [3.63, 3.8) is 0 Å². The molecule has 3 nitrogen and oxygen atoms in total. The molecule has 0 spiro atoms. The van der Waals surface area contributed by atoms with Gasteiger partial charge < -0.3 is 10.4 Å². The first-order chi connectivity index (χ1) is 9.13. The zero-order chi connectivity index (χ0) is 13.7. The van der Waals surface area contributed by atoms with Gasteiger partial charge in [-0.25, -0.2) is 0 Å². The molecule has 0 aromatic carbocycles. The van der Waals surface area contributed by atoms with Gasteiger partial charge in [0, 0.05) is 11.3 Å². The van der Waals surface area contributed by atoms with Crippen molar-refractivity contribution in [2.45, 2.75) is 51.0 Å². The Kier molecular flexibility index (Phi) is 4.99. The van der Waals surface area contributed by atoms with Crippen LogP contribution in [0.1, 0.15) is 43.9 Å². The molecule has 106 valence electrons. The van der Waals surface area contributed by atoms with Crippen molar-refractivity contribution in [3.8, 4) is 0 Å². The highest BCUT2D eigenvalue weighted by Crippen LogP contribution is 2.32. The zero-order valence-corrected chi connectivity index (χ0v) is 12.3. The van der Waals surface area contributed by atoms with Gasteiger partial charge in [0.15, 0.2) is 0 Å². The van der Waals surface area contributed by atoms with E-state index in [2.05, 4.69) is 18.3 Å². The average Bonchev–Trinajstić information content (AvgIpc) is 2.89. The molecule has 2 N–H and O–H groups in total. The summed E-state index contributed by atoms with van der Waals surface area (Å²) in [5.41, 5.74) is -0.371. The fourth-order valence-corrected chi connectivity index (χ4v) is 3.72. The van der Waals surface area contributed by atoms with Crippen LogP contribution < -0.4 is 5.32 Å². The summed E-state index contributed by atoms with van der Waals surface area (Å²) >= 11 is 1.69. The number of carbonyl (C=O) groups excluding carboxylic acids is 1.